The fourth-order valence-electron chi connectivity index (χ4n) is 1.90. The van der Waals surface area contributed by atoms with Gasteiger partial charge in [0, 0.05) is 20.5 Å². The molecule has 1 aromatic carbocycles. The number of ether oxygens (including phenoxy) is 1. The highest BCUT2D eigenvalue weighted by Crippen LogP contribution is 2.20. The molecule has 2 N–H and O–H groups in total. The van der Waals surface area contributed by atoms with Crippen LogP contribution in [0.4, 0.5) is 10.8 Å². The van der Waals surface area contributed by atoms with E-state index in [2.05, 4.69) is 15.5 Å². The molecule has 1 unspecified atom stereocenters. The molecule has 2 rings (SSSR count). The third-order valence-electron chi connectivity index (χ3n) is 3.02. The molecule has 0 fully saturated rings. The highest BCUT2D eigenvalue weighted by Gasteiger charge is 2.21. The highest BCUT2D eigenvalue weighted by molar-refractivity contribution is 5.65. The topological polar surface area (TPSA) is 101 Å². The Hall–Kier alpha value is -2.77. The minimum Gasteiger partial charge on any atom is -0.497 e. The summed E-state index contributed by atoms with van der Waals surface area (Å²) in [4.78, 5) is 16.8. The largest absolute Gasteiger partial charge is 0.497 e. The molecule has 1 heterocycles. The van der Waals surface area contributed by atoms with Gasteiger partial charge in [0.1, 0.15) is 5.75 Å². The van der Waals surface area contributed by atoms with Gasteiger partial charge in [-0.25, -0.2) is 4.79 Å². The van der Waals surface area contributed by atoms with Gasteiger partial charge < -0.3 is 24.6 Å². The minimum absolute atomic E-state index is 0.293. The molecular formula is C14H18N4O4. The molecule has 0 aliphatic heterocycles. The second kappa shape index (κ2) is 6.79. The van der Waals surface area contributed by atoms with Crippen molar-refractivity contribution in [2.75, 3.05) is 26.1 Å². The van der Waals surface area contributed by atoms with Crippen molar-refractivity contribution in [2.45, 2.75) is 12.5 Å². The van der Waals surface area contributed by atoms with Crippen LogP contribution in [0.5, 0.6) is 5.75 Å². The summed E-state index contributed by atoms with van der Waals surface area (Å²) in [5, 5.41) is 15.2. The minimum atomic E-state index is -1.14. The number of methoxy groups -OCH3 is 1. The Kier molecular flexibility index (Phi) is 4.82. The lowest BCUT2D eigenvalue weighted by Crippen LogP contribution is -2.29. The third kappa shape index (κ3) is 3.87. The summed E-state index contributed by atoms with van der Waals surface area (Å²) >= 11 is 0. The molecule has 0 bridgehead atoms. The number of amides is 1. The zero-order valence-electron chi connectivity index (χ0n) is 12.6. The molecule has 1 amide bonds. The van der Waals surface area contributed by atoms with E-state index in [0.717, 1.165) is 11.3 Å². The Balaban J connectivity index is 2.18. The molecule has 0 radical (unpaired) electrons. The van der Waals surface area contributed by atoms with Gasteiger partial charge in [-0.3, -0.25) is 0 Å². The van der Waals surface area contributed by atoms with E-state index in [0.29, 0.717) is 18.3 Å². The number of aromatic nitrogens is 2. The monoisotopic (exact) mass is 306 g/mol. The van der Waals surface area contributed by atoms with E-state index < -0.39 is 12.1 Å². The van der Waals surface area contributed by atoms with Gasteiger partial charge in [0.15, 0.2) is 5.82 Å². The van der Waals surface area contributed by atoms with Crippen molar-refractivity contribution in [1.82, 2.24) is 15.5 Å². The molecule has 22 heavy (non-hydrogen) atoms. The summed E-state index contributed by atoms with van der Waals surface area (Å²) in [5.41, 5.74) is 0.927. The number of nitrogens with zero attached hydrogens (tertiary/aromatic N) is 3. The van der Waals surface area contributed by atoms with Crippen molar-refractivity contribution in [3.05, 3.63) is 35.7 Å². The van der Waals surface area contributed by atoms with Gasteiger partial charge in [0.2, 0.25) is 0 Å². The second-order valence-electron chi connectivity index (χ2n) is 4.88. The molecular weight excluding hydrogens is 288 g/mol. The molecule has 2 aromatic rings. The van der Waals surface area contributed by atoms with Crippen LogP contribution in [-0.2, 0) is 6.42 Å². The SMILES string of the molecule is COc1ccc(CC(NC(=O)O)c2noc(N(C)C)n2)cc1. The Labute approximate surface area is 127 Å². The number of carbonyl (C=O) groups is 1. The van der Waals surface area contributed by atoms with Crippen LogP contribution in [0.15, 0.2) is 28.8 Å². The van der Waals surface area contributed by atoms with Crippen molar-refractivity contribution < 1.29 is 19.2 Å². The molecule has 0 aliphatic carbocycles. The lowest BCUT2D eigenvalue weighted by Gasteiger charge is -2.13. The van der Waals surface area contributed by atoms with Crippen LogP contribution in [0.3, 0.4) is 0 Å². The van der Waals surface area contributed by atoms with Gasteiger partial charge in [-0.05, 0) is 17.7 Å². The normalized spacial score (nSPS) is 11.8. The summed E-state index contributed by atoms with van der Waals surface area (Å²) in [5.74, 6) is 1.03. The van der Waals surface area contributed by atoms with Gasteiger partial charge in [0.25, 0.3) is 0 Å². The third-order valence-corrected chi connectivity index (χ3v) is 3.02. The van der Waals surface area contributed by atoms with E-state index >= 15 is 0 Å². The highest BCUT2D eigenvalue weighted by atomic mass is 16.5. The predicted molar refractivity (Wildman–Crippen MR) is 79.2 cm³/mol. The summed E-state index contributed by atoms with van der Waals surface area (Å²) in [6, 6.07) is 7.08. The summed E-state index contributed by atoms with van der Waals surface area (Å²) in [6.07, 6.45) is -0.738. The van der Waals surface area contributed by atoms with Crippen molar-refractivity contribution in [1.29, 1.82) is 0 Å². The number of carboxylic acid groups (broad SMARTS) is 1. The van der Waals surface area contributed by atoms with Crippen molar-refractivity contribution in [3.63, 3.8) is 0 Å². The van der Waals surface area contributed by atoms with Crippen molar-refractivity contribution in [2.24, 2.45) is 0 Å². The Morgan fingerprint density at radius 1 is 1.41 bits per heavy atom. The first-order valence-electron chi connectivity index (χ1n) is 6.63. The van der Waals surface area contributed by atoms with Crippen LogP contribution in [-0.4, -0.2) is 42.5 Å². The van der Waals surface area contributed by atoms with E-state index in [1.165, 1.54) is 0 Å². The number of nitrogens with one attached hydrogen (secondary N) is 1. The predicted octanol–water partition coefficient (Wildman–Crippen LogP) is 1.70. The number of rotatable bonds is 6. The Morgan fingerprint density at radius 3 is 2.59 bits per heavy atom. The lowest BCUT2D eigenvalue weighted by molar-refractivity contribution is 0.189. The number of hydrogen-bond acceptors (Lipinski definition) is 6. The van der Waals surface area contributed by atoms with Crippen LogP contribution < -0.4 is 15.0 Å². The lowest BCUT2D eigenvalue weighted by atomic mass is 10.1. The van der Waals surface area contributed by atoms with E-state index in [9.17, 15) is 4.79 Å². The van der Waals surface area contributed by atoms with E-state index in [4.69, 9.17) is 14.4 Å². The summed E-state index contributed by atoms with van der Waals surface area (Å²) < 4.78 is 10.2. The first-order valence-corrected chi connectivity index (χ1v) is 6.63. The Bertz CT molecular complexity index is 624. The number of hydrogen-bond donors (Lipinski definition) is 2. The van der Waals surface area contributed by atoms with Gasteiger partial charge in [-0.1, -0.05) is 17.3 Å². The van der Waals surface area contributed by atoms with E-state index in [1.54, 1.807) is 26.1 Å². The molecule has 0 aliphatic rings. The average molecular weight is 306 g/mol. The number of benzene rings is 1. The zero-order chi connectivity index (χ0) is 16.1. The van der Waals surface area contributed by atoms with Crippen LogP contribution >= 0.6 is 0 Å². The van der Waals surface area contributed by atoms with Crippen LogP contribution in [0, 0.1) is 0 Å². The molecule has 0 spiro atoms. The van der Waals surface area contributed by atoms with E-state index in [-0.39, 0.29) is 0 Å². The maximum Gasteiger partial charge on any atom is 0.405 e. The smallest absolute Gasteiger partial charge is 0.405 e. The number of anilines is 1. The summed E-state index contributed by atoms with van der Waals surface area (Å²) in [7, 11) is 5.12. The van der Waals surface area contributed by atoms with Gasteiger partial charge >= 0.3 is 12.1 Å². The molecule has 8 heteroatoms. The molecule has 118 valence electrons. The molecule has 1 atom stereocenters. The molecule has 0 saturated carbocycles. The molecule has 8 nitrogen and oxygen atoms in total. The van der Waals surface area contributed by atoms with Gasteiger partial charge in [0.05, 0.1) is 13.2 Å². The van der Waals surface area contributed by atoms with Gasteiger partial charge in [-0.15, -0.1) is 0 Å². The Morgan fingerprint density at radius 2 is 2.09 bits per heavy atom. The zero-order valence-corrected chi connectivity index (χ0v) is 12.6. The summed E-state index contributed by atoms with van der Waals surface area (Å²) in [6.45, 7) is 0. The first kappa shape index (κ1) is 15.6. The fourth-order valence-corrected chi connectivity index (χ4v) is 1.90. The van der Waals surface area contributed by atoms with Crippen LogP contribution in [0.1, 0.15) is 17.4 Å². The maximum absolute atomic E-state index is 11.0. The van der Waals surface area contributed by atoms with Crippen LogP contribution in [0.25, 0.3) is 0 Å². The van der Waals surface area contributed by atoms with Crippen molar-refractivity contribution in [3.8, 4) is 5.75 Å². The van der Waals surface area contributed by atoms with Gasteiger partial charge in [-0.2, -0.15) is 4.98 Å². The second-order valence-corrected chi connectivity index (χ2v) is 4.88. The molecule has 0 saturated heterocycles. The quantitative estimate of drug-likeness (QED) is 0.837. The average Bonchev–Trinajstić information content (AvgIpc) is 2.97. The first-order chi connectivity index (χ1) is 10.5. The van der Waals surface area contributed by atoms with Crippen LogP contribution in [0.2, 0.25) is 0 Å². The molecule has 1 aromatic heterocycles. The fraction of sp³-hybridized carbons (Fsp3) is 0.357. The standard InChI is InChI=1S/C14H18N4O4/c1-18(2)13-16-12(17-22-13)11(15-14(19)20)8-9-4-6-10(21-3)7-5-9/h4-7,11,15H,8H2,1-3H3,(H,19,20). The van der Waals surface area contributed by atoms with Crippen molar-refractivity contribution >= 4 is 12.1 Å². The maximum atomic E-state index is 11.0. The van der Waals surface area contributed by atoms with E-state index in [1.807, 2.05) is 24.3 Å².